The number of benzene rings is 3. The maximum absolute atomic E-state index is 13.5. The second kappa shape index (κ2) is 6.85. The summed E-state index contributed by atoms with van der Waals surface area (Å²) in [6.07, 6.45) is 0. The Balaban J connectivity index is 1.88. The Labute approximate surface area is 162 Å². The molecule has 28 heavy (non-hydrogen) atoms. The van der Waals surface area contributed by atoms with E-state index in [2.05, 4.69) is 5.32 Å². The summed E-state index contributed by atoms with van der Waals surface area (Å²) in [4.78, 5) is 26.9. The molecule has 5 nitrogen and oxygen atoms in total. The van der Waals surface area contributed by atoms with Crippen LogP contribution in [0.1, 0.15) is 26.3 Å². The second-order valence-electron chi connectivity index (χ2n) is 6.51. The lowest BCUT2D eigenvalue weighted by molar-refractivity contribution is 0.0819. The minimum absolute atomic E-state index is 0.269. The standard InChI is InChI=1S/C23H19NO4/c1-27-19-13-12-16(14-20(19)28-2)24-23(15-8-4-3-5-9-15)21(25)17-10-6-7-11-18(17)22(23)26/h3-14,24H,1-2H3. The maximum atomic E-state index is 13.5. The molecule has 0 saturated heterocycles. The van der Waals surface area contributed by atoms with Gasteiger partial charge >= 0.3 is 0 Å². The quantitative estimate of drug-likeness (QED) is 0.683. The number of rotatable bonds is 5. The average molecular weight is 373 g/mol. The van der Waals surface area contributed by atoms with E-state index in [9.17, 15) is 9.59 Å². The van der Waals surface area contributed by atoms with Gasteiger partial charge < -0.3 is 14.8 Å². The van der Waals surface area contributed by atoms with Crippen LogP contribution < -0.4 is 14.8 Å². The Morgan fingerprint density at radius 2 is 1.29 bits per heavy atom. The third kappa shape index (κ3) is 2.55. The average Bonchev–Trinajstić information content (AvgIpc) is 2.97. The Hall–Kier alpha value is -3.60. The predicted octanol–water partition coefficient (Wildman–Crippen LogP) is 4.09. The van der Waals surface area contributed by atoms with E-state index in [1.54, 1.807) is 61.7 Å². The molecule has 0 bridgehead atoms. The Kier molecular flexibility index (Phi) is 4.35. The lowest BCUT2D eigenvalue weighted by Gasteiger charge is -2.29. The van der Waals surface area contributed by atoms with Crippen LogP contribution >= 0.6 is 0 Å². The second-order valence-corrected chi connectivity index (χ2v) is 6.51. The van der Waals surface area contributed by atoms with Crippen molar-refractivity contribution in [3.8, 4) is 11.5 Å². The molecule has 1 aliphatic carbocycles. The van der Waals surface area contributed by atoms with Gasteiger partial charge in [-0.3, -0.25) is 9.59 Å². The van der Waals surface area contributed by atoms with Crippen molar-refractivity contribution in [2.24, 2.45) is 0 Å². The molecule has 4 rings (SSSR count). The summed E-state index contributed by atoms with van der Waals surface area (Å²) >= 11 is 0. The Morgan fingerprint density at radius 1 is 0.714 bits per heavy atom. The number of hydrogen-bond acceptors (Lipinski definition) is 5. The van der Waals surface area contributed by atoms with E-state index >= 15 is 0 Å². The summed E-state index contributed by atoms with van der Waals surface area (Å²) in [6, 6.07) is 21.2. The molecule has 0 heterocycles. The summed E-state index contributed by atoms with van der Waals surface area (Å²) in [7, 11) is 3.09. The number of hydrogen-bond donors (Lipinski definition) is 1. The highest BCUT2D eigenvalue weighted by atomic mass is 16.5. The van der Waals surface area contributed by atoms with Crippen LogP contribution in [-0.4, -0.2) is 25.8 Å². The monoisotopic (exact) mass is 373 g/mol. The molecule has 3 aromatic rings. The van der Waals surface area contributed by atoms with Crippen LogP contribution in [0, 0.1) is 0 Å². The van der Waals surface area contributed by atoms with Crippen LogP contribution in [0.2, 0.25) is 0 Å². The molecule has 3 aromatic carbocycles. The molecule has 0 atom stereocenters. The summed E-state index contributed by atoms with van der Waals surface area (Å²) in [5.41, 5.74) is 0.491. The minimum atomic E-state index is -1.52. The number of methoxy groups -OCH3 is 2. The predicted molar refractivity (Wildman–Crippen MR) is 106 cm³/mol. The zero-order valence-corrected chi connectivity index (χ0v) is 15.6. The molecule has 0 saturated carbocycles. The molecule has 0 radical (unpaired) electrons. The molecule has 0 spiro atoms. The fourth-order valence-corrected chi connectivity index (χ4v) is 3.65. The normalized spacial score (nSPS) is 14.5. The van der Waals surface area contributed by atoms with Gasteiger partial charge in [-0.1, -0.05) is 54.6 Å². The highest BCUT2D eigenvalue weighted by molar-refractivity contribution is 6.34. The first-order valence-electron chi connectivity index (χ1n) is 8.86. The number of fused-ring (bicyclic) bond motifs is 1. The summed E-state index contributed by atoms with van der Waals surface area (Å²) in [5, 5.41) is 3.21. The molecular weight excluding hydrogens is 354 g/mol. The molecule has 140 valence electrons. The van der Waals surface area contributed by atoms with Crippen molar-refractivity contribution in [3.63, 3.8) is 0 Å². The summed E-state index contributed by atoms with van der Waals surface area (Å²) < 4.78 is 10.6. The van der Waals surface area contributed by atoms with Gasteiger partial charge in [0.25, 0.3) is 0 Å². The molecule has 0 amide bonds. The van der Waals surface area contributed by atoms with E-state index in [0.29, 0.717) is 33.9 Å². The highest BCUT2D eigenvalue weighted by Crippen LogP contribution is 2.41. The molecule has 1 N–H and O–H groups in total. The summed E-state index contributed by atoms with van der Waals surface area (Å²) in [5.74, 6) is 0.531. The summed E-state index contributed by atoms with van der Waals surface area (Å²) in [6.45, 7) is 0. The fraction of sp³-hybridized carbons (Fsp3) is 0.130. The number of ketones is 2. The highest BCUT2D eigenvalue weighted by Gasteiger charge is 2.54. The van der Waals surface area contributed by atoms with Gasteiger partial charge in [0.1, 0.15) is 0 Å². The van der Waals surface area contributed by atoms with E-state index < -0.39 is 5.54 Å². The SMILES string of the molecule is COc1ccc(NC2(c3ccccc3)C(=O)c3ccccc3C2=O)cc1OC. The number of carbonyl (C=O) groups is 2. The molecule has 0 aromatic heterocycles. The Bertz CT molecular complexity index is 1020. The molecule has 5 heteroatoms. The third-order valence-corrected chi connectivity index (χ3v) is 5.02. The minimum Gasteiger partial charge on any atom is -0.493 e. The number of nitrogens with one attached hydrogen (secondary N) is 1. The topological polar surface area (TPSA) is 64.6 Å². The van der Waals surface area contributed by atoms with Gasteiger partial charge in [-0.05, 0) is 17.7 Å². The number of ether oxygens (including phenoxy) is 2. The molecule has 0 unspecified atom stereocenters. The van der Waals surface area contributed by atoms with Crippen LogP contribution in [0.25, 0.3) is 0 Å². The number of carbonyl (C=O) groups excluding carboxylic acids is 2. The van der Waals surface area contributed by atoms with Gasteiger partial charge in [0.05, 0.1) is 14.2 Å². The maximum Gasteiger partial charge on any atom is 0.201 e. The number of anilines is 1. The van der Waals surface area contributed by atoms with Crippen LogP contribution in [0.4, 0.5) is 5.69 Å². The van der Waals surface area contributed by atoms with Gasteiger partial charge in [0.2, 0.25) is 11.6 Å². The smallest absolute Gasteiger partial charge is 0.201 e. The first-order valence-corrected chi connectivity index (χ1v) is 8.86. The van der Waals surface area contributed by atoms with Crippen LogP contribution in [-0.2, 0) is 5.54 Å². The van der Waals surface area contributed by atoms with Gasteiger partial charge in [-0.25, -0.2) is 0 Å². The Morgan fingerprint density at radius 3 is 1.86 bits per heavy atom. The van der Waals surface area contributed by atoms with E-state index in [0.717, 1.165) is 0 Å². The van der Waals surface area contributed by atoms with E-state index in [4.69, 9.17) is 9.47 Å². The van der Waals surface area contributed by atoms with Crippen molar-refractivity contribution in [1.82, 2.24) is 0 Å². The first-order chi connectivity index (χ1) is 13.6. The molecular formula is C23H19NO4. The van der Waals surface area contributed by atoms with Crippen molar-refractivity contribution in [2.45, 2.75) is 5.54 Å². The number of Topliss-reactive ketones (excluding diaryl/α,β-unsaturated/α-hetero) is 2. The van der Waals surface area contributed by atoms with Gasteiger partial charge in [-0.15, -0.1) is 0 Å². The first kappa shape index (κ1) is 17.8. The van der Waals surface area contributed by atoms with Gasteiger partial charge in [-0.2, -0.15) is 0 Å². The van der Waals surface area contributed by atoms with Gasteiger partial charge in [0, 0.05) is 22.9 Å². The fourth-order valence-electron chi connectivity index (χ4n) is 3.65. The lowest BCUT2D eigenvalue weighted by Crippen LogP contribution is -2.46. The van der Waals surface area contributed by atoms with Crippen molar-refractivity contribution < 1.29 is 19.1 Å². The van der Waals surface area contributed by atoms with Gasteiger partial charge in [0.15, 0.2) is 17.0 Å². The van der Waals surface area contributed by atoms with E-state index in [1.807, 2.05) is 18.2 Å². The zero-order valence-electron chi connectivity index (χ0n) is 15.6. The zero-order chi connectivity index (χ0) is 19.7. The van der Waals surface area contributed by atoms with Crippen LogP contribution in [0.5, 0.6) is 11.5 Å². The van der Waals surface area contributed by atoms with Crippen molar-refractivity contribution in [1.29, 1.82) is 0 Å². The van der Waals surface area contributed by atoms with Crippen molar-refractivity contribution in [2.75, 3.05) is 19.5 Å². The van der Waals surface area contributed by atoms with E-state index in [-0.39, 0.29) is 11.6 Å². The van der Waals surface area contributed by atoms with E-state index in [1.165, 1.54) is 7.11 Å². The van der Waals surface area contributed by atoms with Crippen molar-refractivity contribution >= 4 is 17.3 Å². The molecule has 0 fully saturated rings. The van der Waals surface area contributed by atoms with Crippen LogP contribution in [0.3, 0.4) is 0 Å². The largest absolute Gasteiger partial charge is 0.493 e. The third-order valence-electron chi connectivity index (χ3n) is 5.02. The van der Waals surface area contributed by atoms with Crippen LogP contribution in [0.15, 0.2) is 72.8 Å². The molecule has 0 aliphatic heterocycles. The lowest BCUT2D eigenvalue weighted by atomic mass is 9.84. The van der Waals surface area contributed by atoms with Crippen molar-refractivity contribution in [3.05, 3.63) is 89.5 Å². The molecule has 1 aliphatic rings.